The molecule has 131 valence electrons. The van der Waals surface area contributed by atoms with Crippen molar-refractivity contribution < 1.29 is 16.8 Å². The van der Waals surface area contributed by atoms with Gasteiger partial charge in [-0.3, -0.25) is 0 Å². The van der Waals surface area contributed by atoms with Crippen LogP contribution in [0.3, 0.4) is 0 Å². The normalized spacial score (nSPS) is 11.7. The van der Waals surface area contributed by atoms with E-state index in [2.05, 4.69) is 50.3 Å². The van der Waals surface area contributed by atoms with Crippen molar-refractivity contribution in [3.8, 4) is 0 Å². The van der Waals surface area contributed by atoms with Gasteiger partial charge in [0.2, 0.25) is 0 Å². The van der Waals surface area contributed by atoms with E-state index < -0.39 is 0 Å². The second-order valence-corrected chi connectivity index (χ2v) is 5.91. The summed E-state index contributed by atoms with van der Waals surface area (Å²) >= 11 is 0. The summed E-state index contributed by atoms with van der Waals surface area (Å²) in [4.78, 5) is 16.0. The zero-order valence-corrected chi connectivity index (χ0v) is 14.8. The third kappa shape index (κ3) is 3.52. The molecule has 1 radical (unpaired) electrons. The van der Waals surface area contributed by atoms with Crippen molar-refractivity contribution in [1.82, 2.24) is 19.9 Å². The summed E-state index contributed by atoms with van der Waals surface area (Å²) in [6.07, 6.45) is 8.05. The molecule has 5 heterocycles. The van der Waals surface area contributed by atoms with Gasteiger partial charge in [-0.1, -0.05) is 0 Å². The van der Waals surface area contributed by atoms with Crippen molar-refractivity contribution in [3.63, 3.8) is 0 Å². The molecule has 3 aromatic heterocycles. The molecule has 0 atom stereocenters. The number of hydrogen-bond donors (Lipinski definition) is 2. The first-order chi connectivity index (χ1) is 11.8. The first-order valence-corrected chi connectivity index (χ1v) is 7.85. The van der Waals surface area contributed by atoms with Gasteiger partial charge in [0.1, 0.15) is 0 Å². The van der Waals surface area contributed by atoms with Crippen LogP contribution < -0.4 is 0 Å². The molecule has 0 spiro atoms. The van der Waals surface area contributed by atoms with Crippen LogP contribution in [0.25, 0.3) is 52.5 Å². The average molecular weight is 385 g/mol. The van der Waals surface area contributed by atoms with Crippen LogP contribution in [0, 0.1) is 0 Å². The van der Waals surface area contributed by atoms with Gasteiger partial charge < -0.3 is 16.1 Å². The molecule has 2 aliphatic heterocycles. The maximum absolute atomic E-state index is 4.62. The Kier molecular flexibility index (Phi) is 4.90. The number of H-pyrrole nitrogens is 2. The van der Waals surface area contributed by atoms with E-state index in [1.54, 1.807) is 0 Å². The van der Waals surface area contributed by atoms with Crippen molar-refractivity contribution in [3.05, 3.63) is 77.5 Å². The van der Waals surface area contributed by atoms with E-state index >= 15 is 0 Å². The molecule has 0 unspecified atom stereocenters. The molecule has 3 aromatic rings. The number of nitrogens with one attached hydrogen (secondary N) is 2. The third-order valence-electron chi connectivity index (χ3n) is 4.04. The van der Waals surface area contributed by atoms with E-state index in [0.717, 1.165) is 44.8 Å². The monoisotopic (exact) mass is 385 g/mol. The smallest absolute Gasteiger partial charge is 0.0659 e. The van der Waals surface area contributed by atoms with Gasteiger partial charge in [0.05, 0.1) is 22.8 Å². The fraction of sp³-hybridized carbons (Fsp3) is 0. The van der Waals surface area contributed by atoms with E-state index in [-0.39, 0.29) is 22.9 Å². The minimum Gasteiger partial charge on any atom is -0.693 e. The zero-order chi connectivity index (χ0) is 15.9. The predicted molar refractivity (Wildman–Crippen MR) is 104 cm³/mol. The van der Waals surface area contributed by atoms with Gasteiger partial charge >= 0.3 is 0 Å². The number of hydrogen-bond acceptors (Lipinski definition) is 2. The molecule has 6 heteroatoms. The van der Waals surface area contributed by atoms with E-state index in [1.165, 1.54) is 0 Å². The van der Waals surface area contributed by atoms with Crippen LogP contribution in [0.15, 0.2) is 48.5 Å². The van der Waals surface area contributed by atoms with Crippen molar-refractivity contribution in [2.24, 2.45) is 0 Å². The van der Waals surface area contributed by atoms with Gasteiger partial charge in [-0.15, -0.1) is 0 Å². The molecule has 26 heavy (non-hydrogen) atoms. The van der Waals surface area contributed by atoms with Gasteiger partial charge in [0.25, 0.3) is 0 Å². The van der Waals surface area contributed by atoms with Crippen molar-refractivity contribution in [1.29, 1.82) is 0 Å². The molecule has 8 bridgehead atoms. The molecule has 4 N–H and O–H groups in total. The van der Waals surface area contributed by atoms with Crippen LogP contribution in [-0.4, -0.2) is 19.9 Å². The van der Waals surface area contributed by atoms with E-state index in [9.17, 15) is 0 Å². The largest absolute Gasteiger partial charge is 0.693 e. The van der Waals surface area contributed by atoms with Crippen LogP contribution in [0.2, 0.25) is 0 Å². The molecule has 0 amide bonds. The topological polar surface area (TPSA) is 90.9 Å². The number of fused-ring (bicyclic) bond motifs is 8. The molecule has 2 aliphatic rings. The fourth-order valence-electron chi connectivity index (χ4n) is 2.94. The van der Waals surface area contributed by atoms with Crippen molar-refractivity contribution >= 4 is 46.4 Å². The minimum absolute atomic E-state index is 0. The summed E-state index contributed by atoms with van der Waals surface area (Å²) in [5.74, 6) is 0. The summed E-state index contributed by atoms with van der Waals surface area (Å²) in [6, 6.07) is 16.4. The molecule has 5 rings (SSSR count). The van der Waals surface area contributed by atoms with Crippen LogP contribution in [0.5, 0.6) is 0 Å². The van der Waals surface area contributed by atoms with Gasteiger partial charge in [-0.05, 0) is 72.8 Å². The molecule has 0 saturated carbocycles. The third-order valence-corrected chi connectivity index (χ3v) is 4.04. The Bertz CT molecular complexity index is 1080. The molecule has 5 nitrogen and oxygen atoms in total. The summed E-state index contributed by atoms with van der Waals surface area (Å²) in [5.41, 5.74) is 7.86. The second kappa shape index (κ2) is 7.13. The van der Waals surface area contributed by atoms with Gasteiger partial charge in [-0.25, -0.2) is 9.97 Å². The summed E-state index contributed by atoms with van der Waals surface area (Å²) in [5, 5.41) is 0. The molecule has 0 fully saturated rings. The minimum atomic E-state index is 0. The molecule has 0 saturated heterocycles. The van der Waals surface area contributed by atoms with Crippen LogP contribution in [-0.2, 0) is 16.8 Å². The fourth-order valence-corrected chi connectivity index (χ4v) is 2.94. The van der Waals surface area contributed by atoms with Crippen molar-refractivity contribution in [2.75, 3.05) is 0 Å². The average Bonchev–Trinajstić information content (AvgIpc) is 3.32. The number of rotatable bonds is 0. The summed E-state index contributed by atoms with van der Waals surface area (Å²) in [6.45, 7) is 0. The summed E-state index contributed by atoms with van der Waals surface area (Å²) < 4.78 is 0. The first-order valence-electron chi connectivity index (χ1n) is 7.85. The Labute approximate surface area is 160 Å². The van der Waals surface area contributed by atoms with Gasteiger partial charge in [0.15, 0.2) is 0 Å². The zero-order valence-electron chi connectivity index (χ0n) is 13.7. The molecular weight excluding hydrogens is 369 g/mol. The quantitative estimate of drug-likeness (QED) is 0.375. The van der Waals surface area contributed by atoms with E-state index in [1.807, 2.05) is 42.5 Å². The Morgan fingerprint density at radius 1 is 0.500 bits per heavy atom. The Morgan fingerprint density at radius 3 is 1.27 bits per heavy atom. The SMILES string of the molecule is C1=Cc2cc3ccc(cc4ccc(cc5nc(cc1n2)C=C5)[nH]4)[nH]3.[Co].[NH2-]. The van der Waals surface area contributed by atoms with E-state index in [4.69, 9.17) is 0 Å². The number of nitrogens with two attached hydrogens (primary N) is 1. The molecule has 0 aromatic carbocycles. The van der Waals surface area contributed by atoms with Crippen LogP contribution in [0.1, 0.15) is 22.8 Å². The van der Waals surface area contributed by atoms with Crippen LogP contribution in [0.4, 0.5) is 0 Å². The molecule has 0 aliphatic carbocycles. The number of aromatic nitrogens is 4. The van der Waals surface area contributed by atoms with Crippen LogP contribution >= 0.6 is 0 Å². The second-order valence-electron chi connectivity index (χ2n) is 5.91. The Morgan fingerprint density at radius 2 is 0.846 bits per heavy atom. The maximum atomic E-state index is 4.62. The maximum Gasteiger partial charge on any atom is 0.0659 e. The standard InChI is InChI=1S/C20H14N4.Co.H2N/c1-2-14-10-16-5-6-18(23-16)12-20-8-7-19(24-20)11-17-4-3-15(22-17)9-13(1)21-14;;/h1-12,21-22H;;1H2/q;;-1. The van der Waals surface area contributed by atoms with Gasteiger partial charge in [0, 0.05) is 38.8 Å². The molecular formula is C20H16CoN5-. The predicted octanol–water partition coefficient (Wildman–Crippen LogP) is 5.37. The van der Waals surface area contributed by atoms with E-state index in [0.29, 0.717) is 0 Å². The first kappa shape index (κ1) is 17.9. The number of aromatic amines is 2. The Hall–Kier alpha value is -2.93. The van der Waals surface area contributed by atoms with Gasteiger partial charge in [-0.2, -0.15) is 0 Å². The van der Waals surface area contributed by atoms with Crippen molar-refractivity contribution in [2.45, 2.75) is 0 Å². The number of nitrogens with zero attached hydrogens (tertiary/aromatic N) is 2. The Balaban J connectivity index is 0.000000980. The summed E-state index contributed by atoms with van der Waals surface area (Å²) in [7, 11) is 0.